The van der Waals surface area contributed by atoms with Crippen LogP contribution in [0.2, 0.25) is 10.0 Å². The summed E-state index contributed by atoms with van der Waals surface area (Å²) < 4.78 is 29.0. The van der Waals surface area contributed by atoms with Gasteiger partial charge < -0.3 is 10.2 Å². The topological polar surface area (TPSA) is 86.8 Å². The summed E-state index contributed by atoms with van der Waals surface area (Å²) >= 11 is 12.6. The van der Waals surface area contributed by atoms with Crippen LogP contribution in [0.3, 0.4) is 0 Å². The molecule has 1 aliphatic rings. The lowest BCUT2D eigenvalue weighted by Gasteiger charge is -2.34. The summed E-state index contributed by atoms with van der Waals surface area (Å²) in [6, 6.07) is 19.2. The summed E-state index contributed by atoms with van der Waals surface area (Å²) in [7, 11) is -4.19. The van der Waals surface area contributed by atoms with E-state index in [0.717, 1.165) is 47.5 Å². The molecule has 42 heavy (non-hydrogen) atoms. The fourth-order valence-corrected chi connectivity index (χ4v) is 7.10. The standard InChI is InChI=1S/C32H37Cl2N3O4S/c1-3-29(32(39)35-26-9-5-4-6-10-26)36(21-24-15-17-25(33)18-16-24)31(38)22-37(30-12-8-7-11-28(30)34)42(40,41)27-19-13-23(2)14-20-27/h7-8,11-20,26,29H,3-6,9-10,21-22H2,1-2H3,(H,35,39)/t29-/m0/s1. The maximum absolute atomic E-state index is 14.2. The fraction of sp³-hybridized carbons (Fsp3) is 0.375. The molecule has 1 saturated carbocycles. The first-order chi connectivity index (χ1) is 20.1. The number of aryl methyl sites for hydroxylation is 1. The molecule has 3 aromatic rings. The first-order valence-corrected chi connectivity index (χ1v) is 16.5. The predicted octanol–water partition coefficient (Wildman–Crippen LogP) is 6.75. The number of hydrogen-bond acceptors (Lipinski definition) is 4. The van der Waals surface area contributed by atoms with Gasteiger partial charge in [-0.15, -0.1) is 0 Å². The van der Waals surface area contributed by atoms with Crippen molar-refractivity contribution in [3.8, 4) is 0 Å². The van der Waals surface area contributed by atoms with E-state index >= 15 is 0 Å². The van der Waals surface area contributed by atoms with Gasteiger partial charge in [0, 0.05) is 17.6 Å². The Morgan fingerprint density at radius 1 is 0.929 bits per heavy atom. The second kappa shape index (κ2) is 14.4. The number of anilines is 1. The zero-order valence-corrected chi connectivity index (χ0v) is 26.3. The highest BCUT2D eigenvalue weighted by molar-refractivity contribution is 7.92. The minimum Gasteiger partial charge on any atom is -0.352 e. The van der Waals surface area contributed by atoms with Crippen molar-refractivity contribution in [1.29, 1.82) is 0 Å². The smallest absolute Gasteiger partial charge is 0.264 e. The van der Waals surface area contributed by atoms with Crippen LogP contribution >= 0.6 is 23.2 Å². The van der Waals surface area contributed by atoms with Crippen LogP contribution in [0.4, 0.5) is 5.69 Å². The van der Waals surface area contributed by atoms with Crippen LogP contribution < -0.4 is 9.62 Å². The van der Waals surface area contributed by atoms with Gasteiger partial charge in [-0.25, -0.2) is 8.42 Å². The molecule has 1 fully saturated rings. The van der Waals surface area contributed by atoms with E-state index in [9.17, 15) is 18.0 Å². The van der Waals surface area contributed by atoms with Crippen LogP contribution in [-0.2, 0) is 26.2 Å². The number of carbonyl (C=O) groups excluding carboxylic acids is 2. The van der Waals surface area contributed by atoms with E-state index in [2.05, 4.69) is 5.32 Å². The van der Waals surface area contributed by atoms with Crippen molar-refractivity contribution >= 4 is 50.7 Å². The Hall–Kier alpha value is -3.07. The molecule has 4 rings (SSSR count). The van der Waals surface area contributed by atoms with Gasteiger partial charge in [-0.3, -0.25) is 13.9 Å². The average Bonchev–Trinajstić information content (AvgIpc) is 2.98. The highest BCUT2D eigenvalue weighted by Crippen LogP contribution is 2.31. The molecule has 0 saturated heterocycles. The van der Waals surface area contributed by atoms with Gasteiger partial charge in [0.05, 0.1) is 15.6 Å². The molecule has 0 spiro atoms. The molecule has 0 bridgehead atoms. The quantitative estimate of drug-likeness (QED) is 0.254. The van der Waals surface area contributed by atoms with E-state index in [-0.39, 0.29) is 34.1 Å². The number of para-hydroxylation sites is 1. The molecular formula is C32H37Cl2N3O4S. The first-order valence-electron chi connectivity index (χ1n) is 14.3. The van der Waals surface area contributed by atoms with Crippen molar-refractivity contribution in [2.45, 2.75) is 75.9 Å². The Labute approximate surface area is 258 Å². The van der Waals surface area contributed by atoms with Crippen LogP contribution in [0.1, 0.15) is 56.6 Å². The van der Waals surface area contributed by atoms with E-state index in [1.165, 1.54) is 17.0 Å². The van der Waals surface area contributed by atoms with E-state index in [1.807, 2.05) is 13.8 Å². The van der Waals surface area contributed by atoms with Crippen molar-refractivity contribution in [1.82, 2.24) is 10.2 Å². The Balaban J connectivity index is 1.71. The van der Waals surface area contributed by atoms with Crippen molar-refractivity contribution in [3.05, 3.63) is 94.0 Å². The number of nitrogens with zero attached hydrogens (tertiary/aromatic N) is 2. The zero-order valence-electron chi connectivity index (χ0n) is 23.9. The first kappa shape index (κ1) is 31.9. The molecule has 0 aromatic heterocycles. The number of carbonyl (C=O) groups is 2. The Kier molecular flexibility index (Phi) is 10.9. The van der Waals surface area contributed by atoms with Gasteiger partial charge in [0.15, 0.2) is 0 Å². The zero-order chi connectivity index (χ0) is 30.3. The van der Waals surface area contributed by atoms with Crippen molar-refractivity contribution in [3.63, 3.8) is 0 Å². The minimum atomic E-state index is -4.19. The summed E-state index contributed by atoms with van der Waals surface area (Å²) in [4.78, 5) is 29.3. The van der Waals surface area contributed by atoms with Crippen LogP contribution in [0.15, 0.2) is 77.7 Å². The molecule has 10 heteroatoms. The summed E-state index contributed by atoms with van der Waals surface area (Å²) in [6.07, 6.45) is 5.43. The summed E-state index contributed by atoms with van der Waals surface area (Å²) in [5.41, 5.74) is 1.85. The average molecular weight is 631 g/mol. The molecule has 1 atom stereocenters. The molecule has 0 radical (unpaired) electrons. The molecule has 7 nitrogen and oxygen atoms in total. The van der Waals surface area contributed by atoms with Gasteiger partial charge in [-0.05, 0) is 68.1 Å². The van der Waals surface area contributed by atoms with Gasteiger partial charge in [0.25, 0.3) is 10.0 Å². The van der Waals surface area contributed by atoms with Crippen molar-refractivity contribution in [2.24, 2.45) is 0 Å². The number of sulfonamides is 1. The second-order valence-electron chi connectivity index (χ2n) is 10.7. The summed E-state index contributed by atoms with van der Waals surface area (Å²) in [5, 5.41) is 3.88. The number of nitrogens with one attached hydrogen (secondary N) is 1. The van der Waals surface area contributed by atoms with Crippen LogP contribution in [-0.4, -0.2) is 43.8 Å². The minimum absolute atomic E-state index is 0.0344. The molecule has 2 amide bonds. The highest BCUT2D eigenvalue weighted by Gasteiger charge is 2.35. The molecule has 1 N–H and O–H groups in total. The molecule has 0 unspecified atom stereocenters. The maximum atomic E-state index is 14.2. The monoisotopic (exact) mass is 629 g/mol. The third-order valence-corrected chi connectivity index (χ3v) is 9.96. The Bertz CT molecular complexity index is 1470. The van der Waals surface area contributed by atoms with Crippen LogP contribution in [0.5, 0.6) is 0 Å². The number of rotatable bonds is 11. The molecule has 0 heterocycles. The molecule has 224 valence electrons. The molecule has 3 aromatic carbocycles. The van der Waals surface area contributed by atoms with Gasteiger partial charge in [0.2, 0.25) is 11.8 Å². The highest BCUT2D eigenvalue weighted by atomic mass is 35.5. The lowest BCUT2D eigenvalue weighted by molar-refractivity contribution is -0.140. The lowest BCUT2D eigenvalue weighted by Crippen LogP contribution is -2.54. The number of amides is 2. The second-order valence-corrected chi connectivity index (χ2v) is 13.4. The third kappa shape index (κ3) is 7.85. The predicted molar refractivity (Wildman–Crippen MR) is 168 cm³/mol. The Morgan fingerprint density at radius 3 is 2.19 bits per heavy atom. The van der Waals surface area contributed by atoms with Gasteiger partial charge in [-0.1, -0.05) is 91.3 Å². The van der Waals surface area contributed by atoms with Gasteiger partial charge in [0.1, 0.15) is 12.6 Å². The number of halogens is 2. The van der Waals surface area contributed by atoms with E-state index in [4.69, 9.17) is 23.2 Å². The normalized spacial score (nSPS) is 14.7. The number of benzene rings is 3. The number of hydrogen-bond donors (Lipinski definition) is 1. The van der Waals surface area contributed by atoms with Crippen molar-refractivity contribution < 1.29 is 18.0 Å². The summed E-state index contributed by atoms with van der Waals surface area (Å²) in [6.45, 7) is 3.28. The Morgan fingerprint density at radius 2 is 1.57 bits per heavy atom. The van der Waals surface area contributed by atoms with E-state index < -0.39 is 28.5 Å². The molecule has 0 aliphatic heterocycles. The largest absolute Gasteiger partial charge is 0.352 e. The lowest BCUT2D eigenvalue weighted by atomic mass is 9.95. The van der Waals surface area contributed by atoms with Crippen LogP contribution in [0.25, 0.3) is 0 Å². The maximum Gasteiger partial charge on any atom is 0.264 e. The van der Waals surface area contributed by atoms with Crippen LogP contribution in [0, 0.1) is 6.92 Å². The van der Waals surface area contributed by atoms with Crippen molar-refractivity contribution in [2.75, 3.05) is 10.8 Å². The molecular weight excluding hydrogens is 593 g/mol. The third-order valence-electron chi connectivity index (χ3n) is 7.61. The summed E-state index contributed by atoms with van der Waals surface area (Å²) in [5.74, 6) is -0.761. The SMILES string of the molecule is CC[C@@H](C(=O)NC1CCCCC1)N(Cc1ccc(Cl)cc1)C(=O)CN(c1ccccc1Cl)S(=O)(=O)c1ccc(C)cc1. The van der Waals surface area contributed by atoms with Gasteiger partial charge >= 0.3 is 0 Å². The molecule has 1 aliphatic carbocycles. The fourth-order valence-electron chi connectivity index (χ4n) is 5.26. The van der Waals surface area contributed by atoms with Gasteiger partial charge in [-0.2, -0.15) is 0 Å². The van der Waals surface area contributed by atoms with E-state index in [0.29, 0.717) is 11.4 Å². The van der Waals surface area contributed by atoms with E-state index in [1.54, 1.807) is 60.7 Å².